The predicted molar refractivity (Wildman–Crippen MR) is 48.3 cm³/mol. The van der Waals surface area contributed by atoms with Crippen LogP contribution in [0.1, 0.15) is 5.56 Å². The Morgan fingerprint density at radius 2 is 2.17 bits per heavy atom. The molecule has 62 valence electrons. The van der Waals surface area contributed by atoms with Gasteiger partial charge in [-0.3, -0.25) is 0 Å². The summed E-state index contributed by atoms with van der Waals surface area (Å²) >= 11 is 0.200. The number of nitrogens with zero attached hydrogens (tertiary/aromatic N) is 1. The van der Waals surface area contributed by atoms with Gasteiger partial charge >= 0.3 is 77.6 Å². The fourth-order valence-electron chi connectivity index (χ4n) is 1.21. The van der Waals surface area contributed by atoms with E-state index in [0.29, 0.717) is 6.42 Å². The van der Waals surface area contributed by atoms with E-state index in [0.717, 1.165) is 0 Å². The molecule has 0 unspecified atom stereocenters. The van der Waals surface area contributed by atoms with Crippen LogP contribution >= 0.6 is 0 Å². The summed E-state index contributed by atoms with van der Waals surface area (Å²) in [5.74, 6) is 0.244. The molecule has 3 heteroatoms. The van der Waals surface area contributed by atoms with Gasteiger partial charge in [-0.25, -0.2) is 0 Å². The first-order valence-electron chi connectivity index (χ1n) is 3.80. The first-order chi connectivity index (χ1) is 5.77. The SMILES string of the molecule is CN1[Se]c2ccccc2CC1=O. The third kappa shape index (κ3) is 1.26. The van der Waals surface area contributed by atoms with Crippen molar-refractivity contribution >= 4 is 25.5 Å². The van der Waals surface area contributed by atoms with Crippen molar-refractivity contribution in [3.8, 4) is 0 Å². The number of rotatable bonds is 0. The monoisotopic (exact) mass is 227 g/mol. The fraction of sp³-hybridized carbons (Fsp3) is 0.222. The van der Waals surface area contributed by atoms with Gasteiger partial charge in [0.05, 0.1) is 0 Å². The summed E-state index contributed by atoms with van der Waals surface area (Å²) in [5, 5.41) is 0. The van der Waals surface area contributed by atoms with Crippen molar-refractivity contribution in [2.24, 2.45) is 0 Å². The summed E-state index contributed by atoms with van der Waals surface area (Å²) in [7, 11) is 1.87. The van der Waals surface area contributed by atoms with Gasteiger partial charge in [-0.2, -0.15) is 0 Å². The molecule has 1 aliphatic heterocycles. The van der Waals surface area contributed by atoms with E-state index in [-0.39, 0.29) is 21.1 Å². The van der Waals surface area contributed by atoms with Crippen molar-refractivity contribution < 1.29 is 4.79 Å². The first kappa shape index (κ1) is 7.84. The Hall–Kier alpha value is -0.791. The molecule has 0 saturated carbocycles. The minimum atomic E-state index is 0.200. The zero-order chi connectivity index (χ0) is 8.55. The van der Waals surface area contributed by atoms with Crippen LogP contribution in [0.3, 0.4) is 0 Å². The van der Waals surface area contributed by atoms with Crippen molar-refractivity contribution in [1.29, 1.82) is 0 Å². The molecule has 1 heterocycles. The van der Waals surface area contributed by atoms with E-state index < -0.39 is 0 Å². The van der Waals surface area contributed by atoms with Crippen LogP contribution in [0.15, 0.2) is 24.3 Å². The zero-order valence-electron chi connectivity index (χ0n) is 6.78. The van der Waals surface area contributed by atoms with Crippen LogP contribution in [-0.2, 0) is 11.2 Å². The second-order valence-electron chi connectivity index (χ2n) is 2.77. The minimum absolute atomic E-state index is 0.200. The molecule has 0 aromatic heterocycles. The van der Waals surface area contributed by atoms with E-state index in [1.54, 1.807) is 0 Å². The van der Waals surface area contributed by atoms with Crippen LogP contribution in [0.5, 0.6) is 0 Å². The summed E-state index contributed by atoms with van der Waals surface area (Å²) < 4.78 is 3.17. The van der Waals surface area contributed by atoms with Gasteiger partial charge in [-0.15, -0.1) is 0 Å². The molecule has 12 heavy (non-hydrogen) atoms. The molecule has 0 spiro atoms. The summed E-state index contributed by atoms with van der Waals surface area (Å²) in [6.07, 6.45) is 0.578. The molecule has 0 atom stereocenters. The third-order valence-corrected chi connectivity index (χ3v) is 4.15. The number of amides is 1. The molecule has 0 bridgehead atoms. The standard InChI is InChI=1S/C9H9NOSe/c1-10-9(11)6-7-4-2-3-5-8(7)12-10/h2-5H,6H2,1H3. The van der Waals surface area contributed by atoms with Crippen LogP contribution in [-0.4, -0.2) is 32.0 Å². The molecule has 0 fully saturated rings. The number of hydrogen-bond donors (Lipinski definition) is 0. The molecule has 2 nitrogen and oxygen atoms in total. The van der Waals surface area contributed by atoms with Crippen molar-refractivity contribution in [2.45, 2.75) is 6.42 Å². The van der Waals surface area contributed by atoms with Gasteiger partial charge < -0.3 is 0 Å². The van der Waals surface area contributed by atoms with Gasteiger partial charge in [-0.05, 0) is 0 Å². The third-order valence-electron chi connectivity index (χ3n) is 1.90. The second-order valence-corrected chi connectivity index (χ2v) is 5.22. The number of carbonyl (C=O) groups excluding carboxylic acids is 1. The fourth-order valence-corrected chi connectivity index (χ4v) is 3.01. The summed E-state index contributed by atoms with van der Waals surface area (Å²) in [6, 6.07) is 8.18. The van der Waals surface area contributed by atoms with E-state index in [1.807, 2.05) is 29.2 Å². The zero-order valence-corrected chi connectivity index (χ0v) is 8.49. The number of hydrogen-bond acceptors (Lipinski definition) is 1. The number of benzene rings is 1. The maximum absolute atomic E-state index is 11.3. The Labute approximate surface area is 77.9 Å². The second kappa shape index (κ2) is 2.92. The Morgan fingerprint density at radius 1 is 1.42 bits per heavy atom. The summed E-state index contributed by atoms with van der Waals surface area (Å²) in [4.78, 5) is 11.3. The van der Waals surface area contributed by atoms with E-state index in [1.165, 1.54) is 10.0 Å². The molecule has 1 aliphatic rings. The molecule has 1 aromatic rings. The summed E-state index contributed by atoms with van der Waals surface area (Å²) in [6.45, 7) is 0. The molecular weight excluding hydrogens is 217 g/mol. The van der Waals surface area contributed by atoms with Crippen molar-refractivity contribution in [1.82, 2.24) is 3.92 Å². The van der Waals surface area contributed by atoms with Crippen molar-refractivity contribution in [2.75, 3.05) is 7.05 Å². The predicted octanol–water partition coefficient (Wildman–Crippen LogP) is -0.0544. The van der Waals surface area contributed by atoms with Crippen LogP contribution in [0.2, 0.25) is 0 Å². The van der Waals surface area contributed by atoms with Gasteiger partial charge in [0.1, 0.15) is 0 Å². The van der Waals surface area contributed by atoms with Crippen LogP contribution < -0.4 is 4.46 Å². The average Bonchev–Trinajstić information content (AvgIpc) is 2.07. The topological polar surface area (TPSA) is 20.3 Å². The molecular formula is C9H9NOSe. The molecule has 0 saturated heterocycles. The quantitative estimate of drug-likeness (QED) is 0.568. The van der Waals surface area contributed by atoms with Gasteiger partial charge in [0.2, 0.25) is 0 Å². The molecule has 2 rings (SSSR count). The van der Waals surface area contributed by atoms with Gasteiger partial charge in [-0.1, -0.05) is 0 Å². The van der Waals surface area contributed by atoms with E-state index in [2.05, 4.69) is 6.07 Å². The van der Waals surface area contributed by atoms with Crippen molar-refractivity contribution in [3.05, 3.63) is 29.8 Å². The number of carbonyl (C=O) groups is 1. The summed E-state index contributed by atoms with van der Waals surface area (Å²) in [5.41, 5.74) is 1.21. The first-order valence-corrected chi connectivity index (χ1v) is 5.42. The number of fused-ring (bicyclic) bond motifs is 1. The van der Waals surface area contributed by atoms with E-state index in [4.69, 9.17) is 0 Å². The van der Waals surface area contributed by atoms with Gasteiger partial charge in [0.25, 0.3) is 0 Å². The normalized spacial score (nSPS) is 16.1. The molecule has 0 aliphatic carbocycles. The van der Waals surface area contributed by atoms with Crippen LogP contribution in [0, 0.1) is 0 Å². The van der Waals surface area contributed by atoms with Gasteiger partial charge in [0.15, 0.2) is 0 Å². The molecule has 1 aromatic carbocycles. The number of likely N-dealkylation sites (N-methyl/N-ethyl adjacent to an activating group) is 1. The molecule has 1 amide bonds. The van der Waals surface area contributed by atoms with Gasteiger partial charge in [0, 0.05) is 0 Å². The Morgan fingerprint density at radius 3 is 3.00 bits per heavy atom. The Kier molecular flexibility index (Phi) is 1.91. The van der Waals surface area contributed by atoms with E-state index in [9.17, 15) is 4.79 Å². The molecule has 0 radical (unpaired) electrons. The van der Waals surface area contributed by atoms with Crippen LogP contribution in [0.4, 0.5) is 0 Å². The average molecular weight is 226 g/mol. The van der Waals surface area contributed by atoms with Crippen LogP contribution in [0.25, 0.3) is 0 Å². The van der Waals surface area contributed by atoms with E-state index >= 15 is 0 Å². The maximum atomic E-state index is 11.3. The van der Waals surface area contributed by atoms with Crippen molar-refractivity contribution in [3.63, 3.8) is 0 Å². The molecule has 0 N–H and O–H groups in total. The Balaban J connectivity index is 2.40. The Bertz CT molecular complexity index is 324.